The van der Waals surface area contributed by atoms with E-state index in [1.807, 2.05) is 0 Å². The van der Waals surface area contributed by atoms with Gasteiger partial charge in [0.05, 0.1) is 23.9 Å². The fraction of sp³-hybridized carbons (Fsp3) is 0.409. The number of fused-ring (bicyclic) bond motifs is 3. The van der Waals surface area contributed by atoms with E-state index in [9.17, 15) is 22.0 Å². The molecule has 1 aliphatic rings. The summed E-state index contributed by atoms with van der Waals surface area (Å²) in [7, 11) is -1.72. The number of carbonyl (C=O) groups excluding carboxylic acids is 1. The molecule has 0 saturated heterocycles. The van der Waals surface area contributed by atoms with Crippen molar-refractivity contribution in [3.05, 3.63) is 41.4 Å². The predicted octanol–water partition coefficient (Wildman–Crippen LogP) is 2.64. The Morgan fingerprint density at radius 1 is 1.26 bits per heavy atom. The highest BCUT2D eigenvalue weighted by molar-refractivity contribution is 7.90. The molecule has 1 aromatic carbocycles. The number of hydrogen-bond acceptors (Lipinski definition) is 7. The van der Waals surface area contributed by atoms with Crippen LogP contribution >= 0.6 is 0 Å². The smallest absolute Gasteiger partial charge is 0.223 e. The minimum absolute atomic E-state index is 0.0182. The van der Waals surface area contributed by atoms with Crippen LogP contribution in [0.4, 0.5) is 20.3 Å². The number of sulfone groups is 1. The molecule has 0 spiro atoms. The topological polar surface area (TPSA) is 126 Å². The lowest BCUT2D eigenvalue weighted by Gasteiger charge is -2.22. The number of nitrogens with one attached hydrogen (secondary N) is 3. The second-order valence-electron chi connectivity index (χ2n) is 8.33. The monoisotopic (exact) mass is 493 g/mol. The lowest BCUT2D eigenvalue weighted by Crippen LogP contribution is -2.35. The van der Waals surface area contributed by atoms with Crippen molar-refractivity contribution >= 4 is 38.3 Å². The first kappa shape index (κ1) is 23.9. The number of H-pyrrole nitrogens is 1. The molecular weight excluding hydrogens is 468 g/mol. The summed E-state index contributed by atoms with van der Waals surface area (Å²) < 4.78 is 55.2. The van der Waals surface area contributed by atoms with Crippen molar-refractivity contribution in [2.24, 2.45) is 5.92 Å². The van der Waals surface area contributed by atoms with Crippen LogP contribution in [0.5, 0.6) is 5.75 Å². The molecule has 12 heteroatoms. The first-order valence-electron chi connectivity index (χ1n) is 10.8. The molecule has 182 valence electrons. The SMILES string of the molecule is COc1cc(F)c(F)cc1Nc1ncnc2[nH]c3c(c12)CC(C(=O)NCCCS(C)(=O)=O)CC3. The first-order chi connectivity index (χ1) is 16.2. The van der Waals surface area contributed by atoms with Gasteiger partial charge in [-0.1, -0.05) is 0 Å². The molecule has 0 aliphatic heterocycles. The second-order valence-corrected chi connectivity index (χ2v) is 10.6. The van der Waals surface area contributed by atoms with E-state index in [0.29, 0.717) is 42.5 Å². The van der Waals surface area contributed by atoms with Crippen molar-refractivity contribution in [2.75, 3.05) is 31.0 Å². The molecule has 2 heterocycles. The molecule has 3 N–H and O–H groups in total. The third kappa shape index (κ3) is 5.11. The number of amides is 1. The van der Waals surface area contributed by atoms with Gasteiger partial charge in [-0.3, -0.25) is 4.79 Å². The van der Waals surface area contributed by atoms with E-state index in [-0.39, 0.29) is 35.6 Å². The number of anilines is 2. The van der Waals surface area contributed by atoms with E-state index < -0.39 is 21.5 Å². The summed E-state index contributed by atoms with van der Waals surface area (Å²) in [6.07, 6.45) is 4.56. The number of halogens is 2. The molecular formula is C22H25F2N5O4S. The van der Waals surface area contributed by atoms with Gasteiger partial charge < -0.3 is 20.4 Å². The molecule has 0 bridgehead atoms. The van der Waals surface area contributed by atoms with E-state index in [4.69, 9.17) is 4.74 Å². The molecule has 34 heavy (non-hydrogen) atoms. The van der Waals surface area contributed by atoms with Gasteiger partial charge >= 0.3 is 0 Å². The number of rotatable bonds is 8. The predicted molar refractivity (Wildman–Crippen MR) is 123 cm³/mol. The van der Waals surface area contributed by atoms with Gasteiger partial charge in [-0.25, -0.2) is 27.2 Å². The number of carbonyl (C=O) groups is 1. The van der Waals surface area contributed by atoms with Crippen molar-refractivity contribution in [3.63, 3.8) is 0 Å². The number of nitrogens with zero attached hydrogens (tertiary/aromatic N) is 2. The van der Waals surface area contributed by atoms with Crippen molar-refractivity contribution in [2.45, 2.75) is 25.7 Å². The molecule has 4 rings (SSSR count). The van der Waals surface area contributed by atoms with Crippen LogP contribution in [0.15, 0.2) is 18.5 Å². The van der Waals surface area contributed by atoms with Crippen LogP contribution in [0, 0.1) is 17.6 Å². The number of methoxy groups -OCH3 is 1. The number of benzene rings is 1. The van der Waals surface area contributed by atoms with Gasteiger partial charge in [0.15, 0.2) is 11.6 Å². The molecule has 1 atom stereocenters. The Kier molecular flexibility index (Phi) is 6.69. The first-order valence-corrected chi connectivity index (χ1v) is 12.8. The van der Waals surface area contributed by atoms with Gasteiger partial charge in [-0.05, 0) is 31.2 Å². The molecule has 0 radical (unpaired) electrons. The Hall–Kier alpha value is -3.28. The largest absolute Gasteiger partial charge is 0.494 e. The highest BCUT2D eigenvalue weighted by atomic mass is 32.2. The van der Waals surface area contributed by atoms with Crippen LogP contribution in [-0.4, -0.2) is 54.9 Å². The zero-order chi connectivity index (χ0) is 24.5. The van der Waals surface area contributed by atoms with Gasteiger partial charge in [0.2, 0.25) is 5.91 Å². The second kappa shape index (κ2) is 9.53. The molecule has 1 aliphatic carbocycles. The Labute approximate surface area is 195 Å². The van der Waals surface area contributed by atoms with Crippen LogP contribution in [0.3, 0.4) is 0 Å². The maximum absolute atomic E-state index is 13.9. The van der Waals surface area contributed by atoms with Gasteiger partial charge in [0.1, 0.15) is 33.4 Å². The van der Waals surface area contributed by atoms with Crippen LogP contribution in [0.1, 0.15) is 24.1 Å². The lowest BCUT2D eigenvalue weighted by molar-refractivity contribution is -0.125. The fourth-order valence-corrected chi connectivity index (χ4v) is 4.84. The highest BCUT2D eigenvalue weighted by Gasteiger charge is 2.29. The van der Waals surface area contributed by atoms with E-state index >= 15 is 0 Å². The number of ether oxygens (including phenoxy) is 1. The van der Waals surface area contributed by atoms with Crippen molar-refractivity contribution < 1.29 is 26.7 Å². The third-order valence-electron chi connectivity index (χ3n) is 5.83. The number of aryl methyl sites for hydroxylation is 1. The average Bonchev–Trinajstić information content (AvgIpc) is 3.17. The van der Waals surface area contributed by atoms with Crippen molar-refractivity contribution in [1.29, 1.82) is 0 Å². The zero-order valence-electron chi connectivity index (χ0n) is 18.7. The van der Waals surface area contributed by atoms with E-state index in [2.05, 4.69) is 25.6 Å². The molecule has 1 amide bonds. The van der Waals surface area contributed by atoms with Gasteiger partial charge in [0, 0.05) is 36.5 Å². The molecule has 0 fully saturated rings. The molecule has 9 nitrogen and oxygen atoms in total. The highest BCUT2D eigenvalue weighted by Crippen LogP contribution is 2.37. The van der Waals surface area contributed by atoms with Crippen LogP contribution in [0.2, 0.25) is 0 Å². The van der Waals surface area contributed by atoms with Gasteiger partial charge in [-0.15, -0.1) is 0 Å². The summed E-state index contributed by atoms with van der Waals surface area (Å²) in [5.41, 5.74) is 2.59. The number of aromatic nitrogens is 3. The zero-order valence-corrected chi connectivity index (χ0v) is 19.6. The van der Waals surface area contributed by atoms with Gasteiger partial charge in [-0.2, -0.15) is 0 Å². The minimum atomic E-state index is -3.07. The van der Waals surface area contributed by atoms with Crippen molar-refractivity contribution in [1.82, 2.24) is 20.3 Å². The van der Waals surface area contributed by atoms with Crippen LogP contribution in [-0.2, 0) is 27.5 Å². The molecule has 0 saturated carbocycles. The lowest BCUT2D eigenvalue weighted by atomic mass is 9.86. The van der Waals surface area contributed by atoms with E-state index in [0.717, 1.165) is 29.6 Å². The normalized spacial score (nSPS) is 15.7. The van der Waals surface area contributed by atoms with Gasteiger partial charge in [0.25, 0.3) is 0 Å². The minimum Gasteiger partial charge on any atom is -0.494 e. The fourth-order valence-electron chi connectivity index (χ4n) is 4.17. The summed E-state index contributed by atoms with van der Waals surface area (Å²) in [5.74, 6) is -1.98. The van der Waals surface area contributed by atoms with Crippen LogP contribution < -0.4 is 15.4 Å². The average molecular weight is 494 g/mol. The Morgan fingerprint density at radius 2 is 2.03 bits per heavy atom. The molecule has 3 aromatic rings. The Bertz CT molecular complexity index is 1340. The summed E-state index contributed by atoms with van der Waals surface area (Å²) in [6.45, 7) is 0.287. The quantitative estimate of drug-likeness (QED) is 0.412. The van der Waals surface area contributed by atoms with E-state index in [1.54, 1.807) is 0 Å². The Balaban J connectivity index is 1.57. The summed E-state index contributed by atoms with van der Waals surface area (Å²) in [4.78, 5) is 24.6. The van der Waals surface area contributed by atoms with Crippen LogP contribution in [0.25, 0.3) is 11.0 Å². The maximum atomic E-state index is 13.9. The number of hydrogen-bond donors (Lipinski definition) is 3. The summed E-state index contributed by atoms with van der Waals surface area (Å²) >= 11 is 0. The standard InChI is InChI=1S/C22H25F2N5O4S/c1-33-18-10-15(24)14(23)9-17(18)29-21-19-13-8-12(22(30)25-6-3-7-34(2,31)32)4-5-16(13)28-20(19)26-11-27-21/h9-12H,3-8H2,1-2H3,(H,25,30)(H2,26,27,28,29). The Morgan fingerprint density at radius 3 is 2.76 bits per heavy atom. The number of aromatic amines is 1. The molecule has 2 aromatic heterocycles. The van der Waals surface area contributed by atoms with E-state index in [1.165, 1.54) is 13.4 Å². The maximum Gasteiger partial charge on any atom is 0.223 e. The molecule has 1 unspecified atom stereocenters. The third-order valence-corrected chi connectivity index (χ3v) is 6.86. The summed E-state index contributed by atoms with van der Waals surface area (Å²) in [5, 5.41) is 6.50. The van der Waals surface area contributed by atoms with Crippen molar-refractivity contribution in [3.8, 4) is 5.75 Å². The summed E-state index contributed by atoms with van der Waals surface area (Å²) in [6, 6.07) is 1.95.